The summed E-state index contributed by atoms with van der Waals surface area (Å²) in [5, 5.41) is 5.62. The Bertz CT molecular complexity index is 897. The fourth-order valence-electron chi connectivity index (χ4n) is 4.98. The van der Waals surface area contributed by atoms with Crippen molar-refractivity contribution in [3.8, 4) is 0 Å². The molecule has 2 N–H and O–H groups in total. The summed E-state index contributed by atoms with van der Waals surface area (Å²) < 4.78 is 5.51. The van der Waals surface area contributed by atoms with Crippen molar-refractivity contribution in [3.63, 3.8) is 0 Å². The third kappa shape index (κ3) is 7.10. The SMILES string of the molecule is CC(C)(C)OC(=O)N1CCC(CN2CCN(c3ccc(NC4CCC(=O)NC4=O)cc3)CC2)CC1. The molecule has 3 aliphatic heterocycles. The Hall–Kier alpha value is -2.81. The lowest BCUT2D eigenvalue weighted by Crippen LogP contribution is -2.49. The van der Waals surface area contributed by atoms with Crippen molar-refractivity contribution in [2.45, 2.75) is 58.1 Å². The minimum atomic E-state index is -0.446. The molecule has 9 heteroatoms. The second kappa shape index (κ2) is 10.8. The molecule has 1 aromatic rings. The second-order valence-corrected chi connectivity index (χ2v) is 10.9. The molecule has 3 fully saturated rings. The van der Waals surface area contributed by atoms with E-state index in [4.69, 9.17) is 4.74 Å². The van der Waals surface area contributed by atoms with Crippen LogP contribution in [0.3, 0.4) is 0 Å². The van der Waals surface area contributed by atoms with Crippen molar-refractivity contribution in [1.29, 1.82) is 0 Å². The van der Waals surface area contributed by atoms with Gasteiger partial charge in [0, 0.05) is 63.6 Å². The molecule has 0 aromatic heterocycles. The number of hydrogen-bond acceptors (Lipinski definition) is 7. The number of nitrogens with one attached hydrogen (secondary N) is 2. The third-order valence-corrected chi connectivity index (χ3v) is 6.97. The Kier molecular flexibility index (Phi) is 7.84. The van der Waals surface area contributed by atoms with Gasteiger partial charge in [0.05, 0.1) is 0 Å². The highest BCUT2D eigenvalue weighted by Gasteiger charge is 2.29. The molecule has 3 heterocycles. The molecule has 4 rings (SSSR count). The Labute approximate surface area is 208 Å². The summed E-state index contributed by atoms with van der Waals surface area (Å²) in [6.45, 7) is 12.4. The normalized spacial score (nSPS) is 22.7. The summed E-state index contributed by atoms with van der Waals surface area (Å²) in [6.07, 6.45) is 2.76. The van der Waals surface area contributed by atoms with Gasteiger partial charge in [-0.05, 0) is 70.2 Å². The summed E-state index contributed by atoms with van der Waals surface area (Å²) in [5.74, 6) is 0.170. The van der Waals surface area contributed by atoms with Crippen LogP contribution < -0.4 is 15.5 Å². The van der Waals surface area contributed by atoms with E-state index in [1.807, 2.05) is 37.8 Å². The largest absolute Gasteiger partial charge is 0.444 e. The molecule has 3 aliphatic rings. The smallest absolute Gasteiger partial charge is 0.410 e. The van der Waals surface area contributed by atoms with Crippen LogP contribution in [0.25, 0.3) is 0 Å². The quantitative estimate of drug-likeness (QED) is 0.620. The van der Waals surface area contributed by atoms with Crippen molar-refractivity contribution in [2.24, 2.45) is 5.92 Å². The van der Waals surface area contributed by atoms with Crippen LogP contribution in [0.4, 0.5) is 16.2 Å². The molecule has 0 spiro atoms. The van der Waals surface area contributed by atoms with Gasteiger partial charge in [-0.25, -0.2) is 4.79 Å². The van der Waals surface area contributed by atoms with Crippen molar-refractivity contribution < 1.29 is 19.1 Å². The maximum absolute atomic E-state index is 12.3. The maximum Gasteiger partial charge on any atom is 0.410 e. The number of amides is 3. The standard InChI is InChI=1S/C26H39N5O4/c1-26(2,3)35-25(34)31-12-10-19(11-13-31)18-29-14-16-30(17-15-29)21-6-4-20(5-7-21)27-22-8-9-23(32)28-24(22)33/h4-7,19,22,27H,8-18H2,1-3H3,(H,28,32,33). The number of benzene rings is 1. The van der Waals surface area contributed by atoms with Gasteiger partial charge < -0.3 is 19.9 Å². The molecule has 192 valence electrons. The number of anilines is 2. The Morgan fingerprint density at radius 3 is 2.26 bits per heavy atom. The maximum atomic E-state index is 12.3. The highest BCUT2D eigenvalue weighted by Crippen LogP contribution is 2.24. The highest BCUT2D eigenvalue weighted by molar-refractivity contribution is 6.01. The van der Waals surface area contributed by atoms with Crippen LogP contribution in [0, 0.1) is 5.92 Å². The minimum Gasteiger partial charge on any atom is -0.444 e. The molecule has 1 unspecified atom stereocenters. The minimum absolute atomic E-state index is 0.192. The molecule has 1 aromatic carbocycles. The lowest BCUT2D eigenvalue weighted by molar-refractivity contribution is -0.133. The predicted octanol–water partition coefficient (Wildman–Crippen LogP) is 2.67. The van der Waals surface area contributed by atoms with Crippen molar-refractivity contribution in [2.75, 3.05) is 56.0 Å². The summed E-state index contributed by atoms with van der Waals surface area (Å²) >= 11 is 0. The Balaban J connectivity index is 1.18. The van der Waals surface area contributed by atoms with E-state index < -0.39 is 5.60 Å². The van der Waals surface area contributed by atoms with E-state index in [0.29, 0.717) is 18.8 Å². The number of rotatable bonds is 5. The molecule has 1 atom stereocenters. The molecular formula is C26H39N5O4. The summed E-state index contributed by atoms with van der Waals surface area (Å²) in [5.41, 5.74) is 1.63. The summed E-state index contributed by atoms with van der Waals surface area (Å²) in [4.78, 5) is 42.4. The van der Waals surface area contributed by atoms with E-state index in [-0.39, 0.29) is 23.9 Å². The molecule has 0 radical (unpaired) electrons. The van der Waals surface area contributed by atoms with Crippen LogP contribution >= 0.6 is 0 Å². The van der Waals surface area contributed by atoms with Gasteiger partial charge in [-0.1, -0.05) is 0 Å². The van der Waals surface area contributed by atoms with Crippen LogP contribution in [-0.4, -0.2) is 85.2 Å². The first-order chi connectivity index (χ1) is 16.7. The monoisotopic (exact) mass is 485 g/mol. The van der Waals surface area contributed by atoms with Crippen LogP contribution in [0.2, 0.25) is 0 Å². The molecular weight excluding hydrogens is 446 g/mol. The Morgan fingerprint density at radius 2 is 1.66 bits per heavy atom. The van der Waals surface area contributed by atoms with Gasteiger partial charge in [-0.15, -0.1) is 0 Å². The number of imide groups is 1. The lowest BCUT2D eigenvalue weighted by atomic mass is 9.96. The van der Waals surface area contributed by atoms with E-state index in [1.54, 1.807) is 0 Å². The topological polar surface area (TPSA) is 94.2 Å². The summed E-state index contributed by atoms with van der Waals surface area (Å²) in [7, 11) is 0. The molecule has 9 nitrogen and oxygen atoms in total. The second-order valence-electron chi connectivity index (χ2n) is 10.9. The third-order valence-electron chi connectivity index (χ3n) is 6.97. The number of carbonyl (C=O) groups is 3. The van der Waals surface area contributed by atoms with Gasteiger partial charge in [-0.3, -0.25) is 19.8 Å². The molecule has 0 saturated carbocycles. The van der Waals surface area contributed by atoms with Gasteiger partial charge in [0.25, 0.3) is 0 Å². The number of likely N-dealkylation sites (tertiary alicyclic amines) is 1. The van der Waals surface area contributed by atoms with E-state index >= 15 is 0 Å². The van der Waals surface area contributed by atoms with Crippen LogP contribution in [0.1, 0.15) is 46.5 Å². The fourth-order valence-corrected chi connectivity index (χ4v) is 4.98. The van der Waals surface area contributed by atoms with Gasteiger partial charge >= 0.3 is 6.09 Å². The first-order valence-corrected chi connectivity index (χ1v) is 12.8. The first kappa shape index (κ1) is 25.3. The van der Waals surface area contributed by atoms with Gasteiger partial charge in [0.15, 0.2) is 0 Å². The van der Waals surface area contributed by atoms with Gasteiger partial charge in [0.1, 0.15) is 11.6 Å². The average molecular weight is 486 g/mol. The zero-order chi connectivity index (χ0) is 25.0. The molecule has 3 saturated heterocycles. The average Bonchev–Trinajstić information content (AvgIpc) is 2.81. The number of hydrogen-bond donors (Lipinski definition) is 2. The summed E-state index contributed by atoms with van der Waals surface area (Å²) in [6, 6.07) is 7.83. The van der Waals surface area contributed by atoms with Crippen molar-refractivity contribution in [1.82, 2.24) is 15.1 Å². The molecule has 0 aliphatic carbocycles. The number of carbonyl (C=O) groups excluding carboxylic acids is 3. The number of nitrogens with zero attached hydrogens (tertiary/aromatic N) is 3. The first-order valence-electron chi connectivity index (χ1n) is 12.8. The zero-order valence-corrected chi connectivity index (χ0v) is 21.2. The zero-order valence-electron chi connectivity index (χ0n) is 21.2. The van der Waals surface area contributed by atoms with Crippen LogP contribution in [0.15, 0.2) is 24.3 Å². The van der Waals surface area contributed by atoms with E-state index in [2.05, 4.69) is 32.6 Å². The van der Waals surface area contributed by atoms with E-state index in [0.717, 1.165) is 64.3 Å². The lowest BCUT2D eigenvalue weighted by Gasteiger charge is -2.39. The molecule has 3 amide bonds. The van der Waals surface area contributed by atoms with Crippen LogP contribution in [-0.2, 0) is 14.3 Å². The Morgan fingerprint density at radius 1 is 1.00 bits per heavy atom. The molecule has 0 bridgehead atoms. The number of piperidine rings is 2. The van der Waals surface area contributed by atoms with Crippen LogP contribution in [0.5, 0.6) is 0 Å². The van der Waals surface area contributed by atoms with Crippen molar-refractivity contribution >= 4 is 29.3 Å². The fraction of sp³-hybridized carbons (Fsp3) is 0.654. The van der Waals surface area contributed by atoms with Crippen molar-refractivity contribution in [3.05, 3.63) is 24.3 Å². The van der Waals surface area contributed by atoms with Gasteiger partial charge in [-0.2, -0.15) is 0 Å². The number of piperazine rings is 1. The predicted molar refractivity (Wildman–Crippen MR) is 135 cm³/mol. The highest BCUT2D eigenvalue weighted by atomic mass is 16.6. The molecule has 35 heavy (non-hydrogen) atoms. The van der Waals surface area contributed by atoms with E-state index in [1.165, 1.54) is 5.69 Å². The number of ether oxygens (including phenoxy) is 1. The van der Waals surface area contributed by atoms with Gasteiger partial charge in [0.2, 0.25) is 11.8 Å². The van der Waals surface area contributed by atoms with E-state index in [9.17, 15) is 14.4 Å².